The van der Waals surface area contributed by atoms with E-state index in [2.05, 4.69) is 15.2 Å². The summed E-state index contributed by atoms with van der Waals surface area (Å²) >= 11 is 11.8. The number of benzene rings is 2. The molecule has 0 saturated heterocycles. The second-order valence-electron chi connectivity index (χ2n) is 4.53. The Morgan fingerprint density at radius 2 is 1.86 bits per heavy atom. The van der Waals surface area contributed by atoms with Gasteiger partial charge in [0.15, 0.2) is 5.69 Å². The topological polar surface area (TPSA) is 77.8 Å². The second-order valence-corrected chi connectivity index (χ2v) is 5.40. The normalized spacial score (nSPS) is 11.4. The van der Waals surface area contributed by atoms with E-state index in [1.165, 1.54) is 6.07 Å². The van der Waals surface area contributed by atoms with E-state index in [9.17, 15) is 9.90 Å². The number of H-pyrrole nitrogens is 1. The Labute approximate surface area is 135 Å². The molecule has 0 aliphatic heterocycles. The molecule has 1 amide bonds. The maximum atomic E-state index is 12.0. The van der Waals surface area contributed by atoms with Crippen molar-refractivity contribution in [1.29, 1.82) is 0 Å². The highest BCUT2D eigenvalue weighted by molar-refractivity contribution is 6.31. The summed E-state index contributed by atoms with van der Waals surface area (Å²) in [5, 5.41) is 18.8. The largest absolute Gasteiger partial charge is 0.493 e. The quantitative estimate of drug-likeness (QED) is 0.639. The van der Waals surface area contributed by atoms with Gasteiger partial charge in [-0.3, -0.25) is 4.79 Å². The molecule has 0 unspecified atom stereocenters. The fourth-order valence-electron chi connectivity index (χ4n) is 2.01. The summed E-state index contributed by atoms with van der Waals surface area (Å²) in [4.78, 5) is 14.7. The molecule has 3 aromatic rings. The van der Waals surface area contributed by atoms with Gasteiger partial charge in [-0.2, -0.15) is 0 Å². The van der Waals surface area contributed by atoms with Crippen LogP contribution in [0.1, 0.15) is 10.4 Å². The van der Waals surface area contributed by atoms with Crippen LogP contribution in [-0.2, 0) is 0 Å². The molecule has 0 spiro atoms. The van der Waals surface area contributed by atoms with E-state index >= 15 is 0 Å². The predicted octanol–water partition coefficient (Wildman–Crippen LogP) is 5.10. The van der Waals surface area contributed by atoms with Gasteiger partial charge < -0.3 is 10.1 Å². The lowest BCUT2D eigenvalue weighted by Gasteiger charge is -1.95. The Morgan fingerprint density at radius 3 is 2.64 bits per heavy atom. The van der Waals surface area contributed by atoms with Crippen molar-refractivity contribution >= 4 is 45.7 Å². The summed E-state index contributed by atoms with van der Waals surface area (Å²) in [6.45, 7) is 0. The molecule has 7 heteroatoms. The summed E-state index contributed by atoms with van der Waals surface area (Å²) < 4.78 is 0. The van der Waals surface area contributed by atoms with Gasteiger partial charge in [0.25, 0.3) is 5.91 Å². The van der Waals surface area contributed by atoms with Crippen LogP contribution in [0.2, 0.25) is 10.0 Å². The zero-order chi connectivity index (χ0) is 15.7. The first-order chi connectivity index (χ1) is 10.5. The molecule has 2 N–H and O–H groups in total. The Balaban J connectivity index is 1.97. The first-order valence-corrected chi connectivity index (χ1v) is 7.02. The molecule has 0 atom stereocenters. The number of hydrogen-bond acceptors (Lipinski definition) is 3. The van der Waals surface area contributed by atoms with Crippen LogP contribution in [0.5, 0.6) is 5.88 Å². The smallest absolute Gasteiger partial charge is 0.295 e. The van der Waals surface area contributed by atoms with Crippen LogP contribution in [-0.4, -0.2) is 16.0 Å². The number of aromatic nitrogens is 1. The number of azo groups is 1. The Hall–Kier alpha value is -2.37. The monoisotopic (exact) mass is 333 g/mol. The van der Waals surface area contributed by atoms with Crippen molar-refractivity contribution in [2.45, 2.75) is 0 Å². The maximum Gasteiger partial charge on any atom is 0.295 e. The van der Waals surface area contributed by atoms with Gasteiger partial charge in [-0.05, 0) is 36.4 Å². The lowest BCUT2D eigenvalue weighted by Crippen LogP contribution is -1.92. The van der Waals surface area contributed by atoms with Crippen LogP contribution < -0.4 is 0 Å². The number of carbonyl (C=O) groups excluding carboxylic acids is 1. The molecule has 0 fully saturated rings. The van der Waals surface area contributed by atoms with Crippen molar-refractivity contribution in [3.63, 3.8) is 0 Å². The Morgan fingerprint density at radius 1 is 1.09 bits per heavy atom. The predicted molar refractivity (Wildman–Crippen MR) is 85.3 cm³/mol. The van der Waals surface area contributed by atoms with Gasteiger partial charge in [-0.25, -0.2) is 0 Å². The van der Waals surface area contributed by atoms with Crippen LogP contribution in [0.3, 0.4) is 0 Å². The first kappa shape index (κ1) is 14.6. The van der Waals surface area contributed by atoms with Crippen molar-refractivity contribution in [3.8, 4) is 5.88 Å². The molecular weight excluding hydrogens is 325 g/mol. The van der Waals surface area contributed by atoms with E-state index < -0.39 is 5.91 Å². The van der Waals surface area contributed by atoms with E-state index in [1.807, 2.05) is 0 Å². The van der Waals surface area contributed by atoms with E-state index in [0.717, 1.165) is 0 Å². The fourth-order valence-corrected chi connectivity index (χ4v) is 2.37. The fraction of sp³-hybridized carbons (Fsp3) is 0. The molecule has 1 aromatic heterocycles. The molecule has 0 saturated carbocycles. The SMILES string of the molecule is O=C(N=Nc1c(O)[nH]c2ccc(Cl)cc12)c1cccc(Cl)c1. The zero-order valence-corrected chi connectivity index (χ0v) is 12.6. The number of fused-ring (bicyclic) bond motifs is 1. The van der Waals surface area contributed by atoms with Crippen molar-refractivity contribution in [3.05, 3.63) is 58.1 Å². The molecule has 22 heavy (non-hydrogen) atoms. The van der Waals surface area contributed by atoms with Gasteiger partial charge in [0.05, 0.1) is 5.52 Å². The number of hydrogen-bond donors (Lipinski definition) is 2. The van der Waals surface area contributed by atoms with E-state index in [4.69, 9.17) is 23.2 Å². The number of amides is 1. The van der Waals surface area contributed by atoms with Crippen molar-refractivity contribution in [1.82, 2.24) is 4.98 Å². The Kier molecular flexibility index (Phi) is 3.83. The van der Waals surface area contributed by atoms with Crippen molar-refractivity contribution in [2.75, 3.05) is 0 Å². The van der Waals surface area contributed by atoms with Gasteiger partial charge in [0, 0.05) is 21.0 Å². The molecule has 0 radical (unpaired) electrons. The second kappa shape index (κ2) is 5.79. The molecule has 1 heterocycles. The maximum absolute atomic E-state index is 12.0. The van der Waals surface area contributed by atoms with Gasteiger partial charge in [-0.15, -0.1) is 10.2 Å². The van der Waals surface area contributed by atoms with Crippen LogP contribution in [0.25, 0.3) is 10.9 Å². The molecular formula is C15H9Cl2N3O2. The summed E-state index contributed by atoms with van der Waals surface area (Å²) in [6, 6.07) is 11.4. The number of nitrogens with zero attached hydrogens (tertiary/aromatic N) is 2. The molecule has 3 rings (SSSR count). The highest BCUT2D eigenvalue weighted by Gasteiger charge is 2.12. The molecule has 0 bridgehead atoms. The molecule has 0 aliphatic carbocycles. The van der Waals surface area contributed by atoms with Crippen molar-refractivity contribution < 1.29 is 9.90 Å². The van der Waals surface area contributed by atoms with Crippen LogP contribution in [0, 0.1) is 0 Å². The number of aromatic amines is 1. The lowest BCUT2D eigenvalue weighted by molar-refractivity contribution is 0.0995. The van der Waals surface area contributed by atoms with Crippen molar-refractivity contribution in [2.24, 2.45) is 10.2 Å². The van der Waals surface area contributed by atoms with E-state index in [-0.39, 0.29) is 11.6 Å². The molecule has 5 nitrogen and oxygen atoms in total. The summed E-state index contributed by atoms with van der Waals surface area (Å²) in [6.07, 6.45) is 0. The number of nitrogens with one attached hydrogen (secondary N) is 1. The average molecular weight is 334 g/mol. The first-order valence-electron chi connectivity index (χ1n) is 6.26. The minimum Gasteiger partial charge on any atom is -0.493 e. The highest BCUT2D eigenvalue weighted by Crippen LogP contribution is 2.36. The third-order valence-electron chi connectivity index (χ3n) is 3.03. The average Bonchev–Trinajstić information content (AvgIpc) is 2.80. The minimum atomic E-state index is -0.557. The standard InChI is InChI=1S/C15H9Cl2N3O2/c16-9-3-1-2-8(6-9)14(21)20-19-13-11-7-10(17)4-5-12(11)18-15(13)22/h1-7,18,22H. The number of halogens is 2. The zero-order valence-electron chi connectivity index (χ0n) is 11.0. The number of aromatic hydroxyl groups is 1. The van der Waals surface area contributed by atoms with Crippen LogP contribution >= 0.6 is 23.2 Å². The summed E-state index contributed by atoms with van der Waals surface area (Å²) in [5.41, 5.74) is 1.12. The minimum absolute atomic E-state index is 0.160. The third kappa shape index (κ3) is 2.81. The van der Waals surface area contributed by atoms with Crippen LogP contribution in [0.4, 0.5) is 5.69 Å². The molecule has 2 aromatic carbocycles. The van der Waals surface area contributed by atoms with Crippen LogP contribution in [0.15, 0.2) is 52.7 Å². The van der Waals surface area contributed by atoms with E-state index in [1.54, 1.807) is 36.4 Å². The van der Waals surface area contributed by atoms with Gasteiger partial charge in [-0.1, -0.05) is 29.3 Å². The highest BCUT2D eigenvalue weighted by atomic mass is 35.5. The number of carbonyl (C=O) groups is 1. The molecule has 0 aliphatic rings. The van der Waals surface area contributed by atoms with Gasteiger partial charge in [0.1, 0.15) is 0 Å². The lowest BCUT2D eigenvalue weighted by atomic mass is 10.2. The molecule has 110 valence electrons. The van der Waals surface area contributed by atoms with E-state index in [0.29, 0.717) is 26.5 Å². The summed E-state index contributed by atoms with van der Waals surface area (Å²) in [5.74, 6) is -0.738. The Bertz CT molecular complexity index is 903. The van der Waals surface area contributed by atoms with Gasteiger partial charge in [0.2, 0.25) is 5.88 Å². The number of rotatable bonds is 2. The third-order valence-corrected chi connectivity index (χ3v) is 3.50. The van der Waals surface area contributed by atoms with Gasteiger partial charge >= 0.3 is 0 Å². The summed E-state index contributed by atoms with van der Waals surface area (Å²) in [7, 11) is 0.